The van der Waals surface area contributed by atoms with E-state index in [0.29, 0.717) is 0 Å². The maximum absolute atomic E-state index is 5.90. The zero-order valence-electron chi connectivity index (χ0n) is 7.62. The first-order valence-corrected chi connectivity index (χ1v) is 7.27. The highest BCUT2D eigenvalue weighted by Gasteiger charge is 2.05. The third kappa shape index (κ3) is 2.34. The van der Waals surface area contributed by atoms with Crippen LogP contribution in [0.1, 0.15) is 6.92 Å². The van der Waals surface area contributed by atoms with Crippen LogP contribution >= 0.6 is 46.0 Å². The summed E-state index contributed by atoms with van der Waals surface area (Å²) in [5.41, 5.74) is 0. The van der Waals surface area contributed by atoms with Crippen molar-refractivity contribution in [2.24, 2.45) is 0 Å². The molecular weight excluding hydrogens is 252 g/mol. The van der Waals surface area contributed by atoms with Crippen molar-refractivity contribution in [3.63, 3.8) is 0 Å². The molecule has 0 aliphatic heterocycles. The van der Waals surface area contributed by atoms with Crippen LogP contribution in [-0.2, 0) is 0 Å². The molecule has 0 unspecified atom stereocenters. The standard InChI is InChI=1S/C10H9ClS3/c1-2-12-10-6-4-8(14-10)7-3-5-9(11)13-7/h3-6H,2H2,1H3. The average Bonchev–Trinajstić information content (AvgIpc) is 2.74. The summed E-state index contributed by atoms with van der Waals surface area (Å²) in [6, 6.07) is 8.39. The molecular formula is C10H9ClS3. The summed E-state index contributed by atoms with van der Waals surface area (Å²) in [4.78, 5) is 2.58. The van der Waals surface area contributed by atoms with Gasteiger partial charge in [-0.15, -0.1) is 34.4 Å². The average molecular weight is 261 g/mol. The van der Waals surface area contributed by atoms with Gasteiger partial charge in [0, 0.05) is 9.75 Å². The van der Waals surface area contributed by atoms with Crippen molar-refractivity contribution in [2.45, 2.75) is 11.1 Å². The first kappa shape index (κ1) is 10.6. The lowest BCUT2D eigenvalue weighted by Gasteiger charge is -1.90. The van der Waals surface area contributed by atoms with Gasteiger partial charge in [0.15, 0.2) is 0 Å². The number of rotatable bonds is 3. The summed E-state index contributed by atoms with van der Waals surface area (Å²) < 4.78 is 2.24. The number of thioether (sulfide) groups is 1. The summed E-state index contributed by atoms with van der Waals surface area (Å²) in [5.74, 6) is 1.13. The summed E-state index contributed by atoms with van der Waals surface area (Å²) in [6.45, 7) is 2.17. The predicted molar refractivity (Wildman–Crippen MR) is 69.0 cm³/mol. The SMILES string of the molecule is CCSc1ccc(-c2ccc(Cl)s2)s1. The van der Waals surface area contributed by atoms with E-state index < -0.39 is 0 Å². The van der Waals surface area contributed by atoms with Crippen LogP contribution in [0.2, 0.25) is 4.34 Å². The van der Waals surface area contributed by atoms with E-state index in [-0.39, 0.29) is 0 Å². The molecule has 0 amide bonds. The minimum atomic E-state index is 0.859. The quantitative estimate of drug-likeness (QED) is 0.680. The first-order valence-electron chi connectivity index (χ1n) is 4.28. The van der Waals surface area contributed by atoms with Gasteiger partial charge < -0.3 is 0 Å². The molecule has 0 spiro atoms. The molecule has 2 rings (SSSR count). The van der Waals surface area contributed by atoms with Gasteiger partial charge in [0.05, 0.1) is 8.55 Å². The molecule has 74 valence electrons. The van der Waals surface area contributed by atoms with E-state index in [2.05, 4.69) is 25.1 Å². The first-order chi connectivity index (χ1) is 6.79. The van der Waals surface area contributed by atoms with Crippen LogP contribution in [0.3, 0.4) is 0 Å². The van der Waals surface area contributed by atoms with Gasteiger partial charge in [-0.2, -0.15) is 0 Å². The lowest BCUT2D eigenvalue weighted by molar-refractivity contribution is 1.51. The number of hydrogen-bond acceptors (Lipinski definition) is 3. The molecule has 0 bridgehead atoms. The molecule has 0 nitrogen and oxygen atoms in total. The Hall–Kier alpha value is 0.0400. The van der Waals surface area contributed by atoms with E-state index in [4.69, 9.17) is 11.6 Å². The van der Waals surface area contributed by atoms with Crippen LogP contribution in [0, 0.1) is 0 Å². The van der Waals surface area contributed by atoms with Crippen molar-refractivity contribution in [1.29, 1.82) is 0 Å². The molecule has 0 aliphatic rings. The van der Waals surface area contributed by atoms with E-state index in [9.17, 15) is 0 Å². The maximum atomic E-state index is 5.90. The predicted octanol–water partition coefficient (Wildman–Crippen LogP) is 5.24. The molecule has 0 radical (unpaired) electrons. The highest BCUT2D eigenvalue weighted by molar-refractivity contribution is 8.01. The minimum absolute atomic E-state index is 0.859. The van der Waals surface area contributed by atoms with Crippen molar-refractivity contribution in [3.8, 4) is 9.75 Å². The second-order valence-corrected chi connectivity index (χ2v) is 7.02. The van der Waals surface area contributed by atoms with Gasteiger partial charge in [0.25, 0.3) is 0 Å². The normalized spacial score (nSPS) is 10.7. The van der Waals surface area contributed by atoms with Crippen molar-refractivity contribution >= 4 is 46.0 Å². The monoisotopic (exact) mass is 260 g/mol. The van der Waals surface area contributed by atoms with Crippen molar-refractivity contribution in [3.05, 3.63) is 28.6 Å². The van der Waals surface area contributed by atoms with E-state index in [1.54, 1.807) is 11.3 Å². The van der Waals surface area contributed by atoms with Crippen molar-refractivity contribution in [1.82, 2.24) is 0 Å². The van der Waals surface area contributed by atoms with Crippen molar-refractivity contribution < 1.29 is 0 Å². The Kier molecular flexibility index (Phi) is 3.55. The Labute approximate surface area is 101 Å². The largest absolute Gasteiger partial charge is 0.128 e. The van der Waals surface area contributed by atoms with Gasteiger partial charge in [-0.05, 0) is 30.0 Å². The van der Waals surface area contributed by atoms with Crippen LogP contribution in [0.15, 0.2) is 28.5 Å². The lowest BCUT2D eigenvalue weighted by atomic mass is 10.4. The van der Waals surface area contributed by atoms with Crippen LogP contribution in [0.25, 0.3) is 9.75 Å². The summed E-state index contributed by atoms with van der Waals surface area (Å²) >= 11 is 11.3. The Bertz CT molecular complexity index is 416. The molecule has 0 aliphatic carbocycles. The molecule has 2 aromatic rings. The van der Waals surface area contributed by atoms with E-state index in [0.717, 1.165) is 10.1 Å². The fourth-order valence-corrected chi connectivity index (χ4v) is 4.30. The highest BCUT2D eigenvalue weighted by atomic mass is 35.5. The second kappa shape index (κ2) is 4.71. The maximum Gasteiger partial charge on any atom is 0.0935 e. The molecule has 0 fully saturated rings. The lowest BCUT2D eigenvalue weighted by Crippen LogP contribution is -1.60. The molecule has 2 aromatic heterocycles. The zero-order chi connectivity index (χ0) is 9.97. The molecule has 0 saturated carbocycles. The van der Waals surface area contributed by atoms with E-state index in [1.807, 2.05) is 29.2 Å². The van der Waals surface area contributed by atoms with Gasteiger partial charge in [-0.1, -0.05) is 18.5 Å². The molecule has 0 saturated heterocycles. The summed E-state index contributed by atoms with van der Waals surface area (Å²) in [6.07, 6.45) is 0. The van der Waals surface area contributed by atoms with Gasteiger partial charge in [0.2, 0.25) is 0 Å². The van der Waals surface area contributed by atoms with Crippen LogP contribution < -0.4 is 0 Å². The Morgan fingerprint density at radius 3 is 2.50 bits per heavy atom. The molecule has 0 atom stereocenters. The fourth-order valence-electron chi connectivity index (χ4n) is 1.12. The number of hydrogen-bond donors (Lipinski definition) is 0. The van der Waals surface area contributed by atoms with E-state index >= 15 is 0 Å². The summed E-state index contributed by atoms with van der Waals surface area (Å²) in [5, 5.41) is 0. The molecule has 14 heavy (non-hydrogen) atoms. The fraction of sp³-hybridized carbons (Fsp3) is 0.200. The molecule has 0 N–H and O–H groups in total. The van der Waals surface area contributed by atoms with Crippen LogP contribution in [-0.4, -0.2) is 5.75 Å². The van der Waals surface area contributed by atoms with Crippen LogP contribution in [0.5, 0.6) is 0 Å². The van der Waals surface area contributed by atoms with Gasteiger partial charge in [0.1, 0.15) is 0 Å². The third-order valence-corrected chi connectivity index (χ3v) is 5.30. The topological polar surface area (TPSA) is 0 Å². The number of thiophene rings is 2. The van der Waals surface area contributed by atoms with Gasteiger partial charge in [-0.3, -0.25) is 0 Å². The highest BCUT2D eigenvalue weighted by Crippen LogP contribution is 2.38. The molecule has 0 aromatic carbocycles. The van der Waals surface area contributed by atoms with Crippen LogP contribution in [0.4, 0.5) is 0 Å². The Balaban J connectivity index is 2.24. The molecule has 4 heteroatoms. The smallest absolute Gasteiger partial charge is 0.0935 e. The molecule has 2 heterocycles. The summed E-state index contributed by atoms with van der Waals surface area (Å²) in [7, 11) is 0. The van der Waals surface area contributed by atoms with Crippen molar-refractivity contribution in [2.75, 3.05) is 5.75 Å². The van der Waals surface area contributed by atoms with E-state index in [1.165, 1.54) is 14.0 Å². The Morgan fingerprint density at radius 1 is 1.14 bits per heavy atom. The Morgan fingerprint density at radius 2 is 1.86 bits per heavy atom. The van der Waals surface area contributed by atoms with Gasteiger partial charge >= 0.3 is 0 Å². The number of halogens is 1. The minimum Gasteiger partial charge on any atom is -0.128 e. The van der Waals surface area contributed by atoms with Gasteiger partial charge in [-0.25, -0.2) is 0 Å². The third-order valence-electron chi connectivity index (χ3n) is 1.68. The second-order valence-electron chi connectivity index (χ2n) is 2.66. The zero-order valence-corrected chi connectivity index (χ0v) is 10.8.